The van der Waals surface area contributed by atoms with Crippen LogP contribution in [0.1, 0.15) is 22.0 Å². The van der Waals surface area contributed by atoms with E-state index >= 15 is 0 Å². The van der Waals surface area contributed by atoms with E-state index in [2.05, 4.69) is 5.32 Å². The Kier molecular flexibility index (Phi) is 2.54. The SMILES string of the molecule is COc1cc2c(cc1C(=O)O)C(O)C=CN2. The number of aliphatic hydroxyl groups is 1. The number of nitrogens with one attached hydrogen (secondary N) is 1. The summed E-state index contributed by atoms with van der Waals surface area (Å²) in [5, 5.41) is 21.6. The Labute approximate surface area is 92.0 Å². The molecule has 84 valence electrons. The first-order chi connectivity index (χ1) is 7.63. The maximum atomic E-state index is 11.0. The molecule has 1 atom stereocenters. The highest BCUT2D eigenvalue weighted by Crippen LogP contribution is 2.34. The van der Waals surface area contributed by atoms with E-state index in [0.29, 0.717) is 11.3 Å². The van der Waals surface area contributed by atoms with Crippen molar-refractivity contribution in [3.63, 3.8) is 0 Å². The third-order valence-corrected chi connectivity index (χ3v) is 2.44. The number of methoxy groups -OCH3 is 1. The molecule has 0 aromatic heterocycles. The van der Waals surface area contributed by atoms with Gasteiger partial charge >= 0.3 is 5.97 Å². The van der Waals surface area contributed by atoms with Crippen LogP contribution in [0.4, 0.5) is 5.69 Å². The van der Waals surface area contributed by atoms with Crippen molar-refractivity contribution in [1.82, 2.24) is 0 Å². The molecule has 0 amide bonds. The zero-order valence-corrected chi connectivity index (χ0v) is 8.60. The molecule has 5 nitrogen and oxygen atoms in total. The monoisotopic (exact) mass is 221 g/mol. The molecule has 16 heavy (non-hydrogen) atoms. The molecule has 0 aliphatic carbocycles. The van der Waals surface area contributed by atoms with Gasteiger partial charge in [0, 0.05) is 17.3 Å². The van der Waals surface area contributed by atoms with Crippen molar-refractivity contribution < 1.29 is 19.7 Å². The fraction of sp³-hybridized carbons (Fsp3) is 0.182. The number of hydrogen-bond acceptors (Lipinski definition) is 4. The number of anilines is 1. The van der Waals surface area contributed by atoms with Gasteiger partial charge in [-0.05, 0) is 18.3 Å². The van der Waals surface area contributed by atoms with Gasteiger partial charge in [-0.15, -0.1) is 0 Å². The van der Waals surface area contributed by atoms with Gasteiger partial charge in [-0.1, -0.05) is 0 Å². The number of carboxylic acid groups (broad SMARTS) is 1. The summed E-state index contributed by atoms with van der Waals surface area (Å²) in [5.74, 6) is -0.817. The van der Waals surface area contributed by atoms with Crippen molar-refractivity contribution in [3.8, 4) is 5.75 Å². The van der Waals surface area contributed by atoms with Crippen LogP contribution in [-0.2, 0) is 0 Å². The summed E-state index contributed by atoms with van der Waals surface area (Å²) >= 11 is 0. The van der Waals surface area contributed by atoms with Gasteiger partial charge in [-0.25, -0.2) is 4.79 Å². The third-order valence-electron chi connectivity index (χ3n) is 2.44. The molecule has 1 aliphatic heterocycles. The van der Waals surface area contributed by atoms with Crippen LogP contribution in [0.2, 0.25) is 0 Å². The molecule has 0 spiro atoms. The van der Waals surface area contributed by atoms with Gasteiger partial charge in [0.25, 0.3) is 0 Å². The van der Waals surface area contributed by atoms with Gasteiger partial charge in [0.15, 0.2) is 0 Å². The number of hydrogen-bond donors (Lipinski definition) is 3. The molecule has 1 aromatic rings. The Morgan fingerprint density at radius 1 is 1.50 bits per heavy atom. The zero-order chi connectivity index (χ0) is 11.7. The third kappa shape index (κ3) is 1.61. The minimum Gasteiger partial charge on any atom is -0.496 e. The van der Waals surface area contributed by atoms with Crippen molar-refractivity contribution in [2.24, 2.45) is 0 Å². The van der Waals surface area contributed by atoms with Gasteiger partial charge in [0.2, 0.25) is 0 Å². The normalized spacial score (nSPS) is 17.5. The molecule has 1 aliphatic rings. The first kappa shape index (κ1) is 10.5. The number of benzene rings is 1. The van der Waals surface area contributed by atoms with Crippen LogP contribution in [0.25, 0.3) is 0 Å². The zero-order valence-electron chi connectivity index (χ0n) is 8.60. The van der Waals surface area contributed by atoms with Gasteiger partial charge in [0.05, 0.1) is 7.11 Å². The minimum absolute atomic E-state index is 0.0393. The van der Waals surface area contributed by atoms with Crippen molar-refractivity contribution >= 4 is 11.7 Å². The van der Waals surface area contributed by atoms with E-state index in [1.165, 1.54) is 13.2 Å². The molecule has 0 bridgehead atoms. The summed E-state index contributed by atoms with van der Waals surface area (Å²) in [5.41, 5.74) is 1.22. The minimum atomic E-state index is -1.08. The van der Waals surface area contributed by atoms with Crippen LogP contribution in [0, 0.1) is 0 Å². The Morgan fingerprint density at radius 2 is 2.25 bits per heavy atom. The lowest BCUT2D eigenvalue weighted by Crippen LogP contribution is -2.09. The number of rotatable bonds is 2. The fourth-order valence-corrected chi connectivity index (χ4v) is 1.63. The van der Waals surface area contributed by atoms with E-state index < -0.39 is 12.1 Å². The molecule has 0 saturated carbocycles. The van der Waals surface area contributed by atoms with Crippen LogP contribution in [0.3, 0.4) is 0 Å². The molecule has 5 heteroatoms. The summed E-state index contributed by atoms with van der Waals surface area (Å²) in [4.78, 5) is 11.0. The van der Waals surface area contributed by atoms with E-state index in [0.717, 1.165) is 0 Å². The van der Waals surface area contributed by atoms with E-state index in [1.54, 1.807) is 18.3 Å². The van der Waals surface area contributed by atoms with Crippen LogP contribution in [-0.4, -0.2) is 23.3 Å². The van der Waals surface area contributed by atoms with Crippen molar-refractivity contribution in [3.05, 3.63) is 35.5 Å². The summed E-state index contributed by atoms with van der Waals surface area (Å²) in [6, 6.07) is 2.98. The Bertz CT molecular complexity index is 467. The standard InChI is InChI=1S/C11H11NO4/c1-16-10-5-8-6(4-7(10)11(14)15)9(13)2-3-12-8/h2-5,9,12-13H,1H3,(H,14,15). The molecule has 2 rings (SSSR count). The molecule has 3 N–H and O–H groups in total. The Balaban J connectivity index is 2.58. The van der Waals surface area contributed by atoms with Crippen molar-refractivity contribution in [2.75, 3.05) is 12.4 Å². The Morgan fingerprint density at radius 3 is 2.88 bits per heavy atom. The first-order valence-corrected chi connectivity index (χ1v) is 4.70. The summed E-state index contributed by atoms with van der Waals surface area (Å²) in [6.07, 6.45) is 2.35. The number of carboxylic acids is 1. The predicted molar refractivity (Wildman–Crippen MR) is 57.7 cm³/mol. The number of fused-ring (bicyclic) bond motifs is 1. The molecule has 1 unspecified atom stereocenters. The van der Waals surface area contributed by atoms with Gasteiger partial charge in [-0.3, -0.25) is 0 Å². The van der Waals surface area contributed by atoms with Crippen LogP contribution < -0.4 is 10.1 Å². The van der Waals surface area contributed by atoms with Crippen LogP contribution in [0.5, 0.6) is 5.75 Å². The quantitative estimate of drug-likeness (QED) is 0.702. The van der Waals surface area contributed by atoms with Gasteiger partial charge < -0.3 is 20.3 Å². The second-order valence-electron chi connectivity index (χ2n) is 3.39. The van der Waals surface area contributed by atoms with E-state index in [9.17, 15) is 9.90 Å². The summed E-state index contributed by atoms with van der Waals surface area (Å²) in [7, 11) is 1.41. The molecule has 0 fully saturated rings. The topological polar surface area (TPSA) is 78.8 Å². The second kappa shape index (κ2) is 3.86. The average Bonchev–Trinajstić information content (AvgIpc) is 2.27. The number of carbonyl (C=O) groups is 1. The van der Waals surface area contributed by atoms with Crippen LogP contribution >= 0.6 is 0 Å². The maximum absolute atomic E-state index is 11.0. The lowest BCUT2D eigenvalue weighted by Gasteiger charge is -2.19. The molecule has 0 radical (unpaired) electrons. The molecule has 1 heterocycles. The second-order valence-corrected chi connectivity index (χ2v) is 3.39. The highest BCUT2D eigenvalue weighted by Gasteiger charge is 2.20. The average molecular weight is 221 g/mol. The van der Waals surface area contributed by atoms with Crippen molar-refractivity contribution in [2.45, 2.75) is 6.10 Å². The van der Waals surface area contributed by atoms with E-state index in [-0.39, 0.29) is 11.3 Å². The highest BCUT2D eigenvalue weighted by molar-refractivity contribution is 5.92. The molecule has 1 aromatic carbocycles. The largest absolute Gasteiger partial charge is 0.496 e. The van der Waals surface area contributed by atoms with Crippen LogP contribution in [0.15, 0.2) is 24.4 Å². The highest BCUT2D eigenvalue weighted by atomic mass is 16.5. The number of aromatic carboxylic acids is 1. The molecule has 0 saturated heterocycles. The number of aliphatic hydroxyl groups excluding tert-OH is 1. The molecular formula is C11H11NO4. The smallest absolute Gasteiger partial charge is 0.339 e. The summed E-state index contributed by atoms with van der Waals surface area (Å²) < 4.78 is 4.98. The lowest BCUT2D eigenvalue weighted by molar-refractivity contribution is 0.0693. The van der Waals surface area contributed by atoms with Gasteiger partial charge in [-0.2, -0.15) is 0 Å². The summed E-state index contributed by atoms with van der Waals surface area (Å²) in [6.45, 7) is 0. The first-order valence-electron chi connectivity index (χ1n) is 4.70. The predicted octanol–water partition coefficient (Wildman–Crippen LogP) is 1.37. The Hall–Kier alpha value is -2.01. The van der Waals surface area contributed by atoms with E-state index in [4.69, 9.17) is 9.84 Å². The maximum Gasteiger partial charge on any atom is 0.339 e. The van der Waals surface area contributed by atoms with Gasteiger partial charge in [0.1, 0.15) is 17.4 Å². The fourth-order valence-electron chi connectivity index (χ4n) is 1.63. The lowest BCUT2D eigenvalue weighted by atomic mass is 10.0. The molecular weight excluding hydrogens is 210 g/mol. The number of ether oxygens (including phenoxy) is 1. The van der Waals surface area contributed by atoms with E-state index in [1.807, 2.05) is 0 Å². The van der Waals surface area contributed by atoms with Crippen molar-refractivity contribution in [1.29, 1.82) is 0 Å².